The van der Waals surface area contributed by atoms with Crippen LogP contribution in [0.5, 0.6) is 0 Å². The Hall–Kier alpha value is -2.60. The van der Waals surface area contributed by atoms with E-state index in [2.05, 4.69) is 16.9 Å². The number of hydrogen-bond acceptors (Lipinski definition) is 1. The molecule has 0 bridgehead atoms. The van der Waals surface area contributed by atoms with Crippen LogP contribution in [-0.4, -0.2) is 11.7 Å². The van der Waals surface area contributed by atoms with Crippen LogP contribution in [0.1, 0.15) is 47.2 Å². The lowest BCUT2D eigenvalue weighted by molar-refractivity contribution is -0.137. The lowest BCUT2D eigenvalue weighted by Gasteiger charge is -2.23. The van der Waals surface area contributed by atoms with Crippen LogP contribution in [0, 0.1) is 6.92 Å². The van der Waals surface area contributed by atoms with Gasteiger partial charge in [-0.1, -0.05) is 43.3 Å². The van der Waals surface area contributed by atoms with Gasteiger partial charge in [-0.2, -0.15) is 18.2 Å². The van der Waals surface area contributed by atoms with Crippen LogP contribution in [0.15, 0.2) is 53.5 Å². The molecule has 0 radical (unpaired) electrons. The fourth-order valence-corrected chi connectivity index (χ4v) is 3.82. The molecule has 1 atom stereocenters. The van der Waals surface area contributed by atoms with E-state index in [4.69, 9.17) is 11.6 Å². The third kappa shape index (κ3) is 4.37. The predicted molar refractivity (Wildman–Crippen MR) is 109 cm³/mol. The van der Waals surface area contributed by atoms with Gasteiger partial charge in [0.2, 0.25) is 0 Å². The monoisotopic (exact) mass is 420 g/mol. The summed E-state index contributed by atoms with van der Waals surface area (Å²) >= 11 is 6.44. The molecule has 2 amide bonds. The van der Waals surface area contributed by atoms with Crippen LogP contribution in [-0.2, 0) is 12.6 Å². The molecule has 1 aliphatic heterocycles. The number of urea groups is 1. The van der Waals surface area contributed by atoms with Gasteiger partial charge < -0.3 is 5.32 Å². The number of aliphatic imine (C=N–C) groups is 1. The number of benzene rings is 2. The van der Waals surface area contributed by atoms with Gasteiger partial charge in [-0.25, -0.2) is 4.79 Å². The minimum atomic E-state index is -4.42. The smallest absolute Gasteiger partial charge is 0.326 e. The van der Waals surface area contributed by atoms with Gasteiger partial charge in [-0.05, 0) is 53.8 Å². The first-order valence-corrected chi connectivity index (χ1v) is 9.50. The van der Waals surface area contributed by atoms with Crippen LogP contribution in [0.3, 0.4) is 0 Å². The molecule has 0 saturated carbocycles. The molecule has 0 aromatic heterocycles. The Labute approximate surface area is 172 Å². The summed E-state index contributed by atoms with van der Waals surface area (Å²) in [6.07, 6.45) is -3.37. The van der Waals surface area contributed by atoms with Crippen LogP contribution < -0.4 is 5.32 Å². The molecule has 1 N–H and O–H groups in total. The summed E-state index contributed by atoms with van der Waals surface area (Å²) in [6.45, 7) is 8.08. The summed E-state index contributed by atoms with van der Waals surface area (Å²) in [5.41, 5.74) is 3.57. The fourth-order valence-electron chi connectivity index (χ4n) is 3.51. The van der Waals surface area contributed by atoms with Crippen molar-refractivity contribution in [3.63, 3.8) is 0 Å². The highest BCUT2D eigenvalue weighted by molar-refractivity contribution is 6.31. The molecule has 3 rings (SSSR count). The molecule has 0 saturated heterocycles. The van der Waals surface area contributed by atoms with E-state index in [0.29, 0.717) is 21.9 Å². The zero-order valence-corrected chi connectivity index (χ0v) is 16.8. The standard InChI is InChI=1S/C22H20ClF3N2O/c1-4-14-7-10-17(23)19(13(14)3)20-12(2)11-18(27-21(29)28-20)15-5-8-16(9-6-15)22(24,25)26/h5-10,20H,2,4,11H2,1,3H3,(H,28,29). The Bertz CT molecular complexity index is 994. The Balaban J connectivity index is 1.94. The average molecular weight is 421 g/mol. The van der Waals surface area contributed by atoms with E-state index >= 15 is 0 Å². The second kappa shape index (κ2) is 8.03. The third-order valence-corrected chi connectivity index (χ3v) is 5.43. The number of carbonyl (C=O) groups excluding carboxylic acids is 1. The maximum absolute atomic E-state index is 12.8. The lowest BCUT2D eigenvalue weighted by atomic mass is 9.89. The molecule has 7 heteroatoms. The number of halogens is 4. The molecule has 3 nitrogen and oxygen atoms in total. The van der Waals surface area contributed by atoms with Crippen LogP contribution in [0.4, 0.5) is 18.0 Å². The van der Waals surface area contributed by atoms with Crippen molar-refractivity contribution in [1.82, 2.24) is 5.32 Å². The maximum Gasteiger partial charge on any atom is 0.416 e. The molecule has 152 valence electrons. The van der Waals surface area contributed by atoms with Gasteiger partial charge in [0, 0.05) is 17.0 Å². The Morgan fingerprint density at radius 3 is 2.45 bits per heavy atom. The van der Waals surface area contributed by atoms with Crippen LogP contribution >= 0.6 is 11.6 Å². The van der Waals surface area contributed by atoms with Crippen molar-refractivity contribution in [2.45, 2.75) is 38.9 Å². The van der Waals surface area contributed by atoms with Gasteiger partial charge in [0.1, 0.15) is 0 Å². The number of amides is 2. The van der Waals surface area contributed by atoms with E-state index in [0.717, 1.165) is 35.2 Å². The second-order valence-corrected chi connectivity index (χ2v) is 7.36. The highest BCUT2D eigenvalue weighted by Gasteiger charge is 2.31. The van der Waals surface area contributed by atoms with Crippen molar-refractivity contribution in [2.75, 3.05) is 0 Å². The van der Waals surface area contributed by atoms with Gasteiger partial charge in [-0.15, -0.1) is 0 Å². The minimum absolute atomic E-state index is 0.237. The van der Waals surface area contributed by atoms with Crippen molar-refractivity contribution in [2.24, 2.45) is 4.99 Å². The van der Waals surface area contributed by atoms with E-state index in [1.165, 1.54) is 12.1 Å². The second-order valence-electron chi connectivity index (χ2n) is 6.95. The predicted octanol–water partition coefficient (Wildman–Crippen LogP) is 6.43. The molecule has 0 spiro atoms. The molecule has 29 heavy (non-hydrogen) atoms. The van der Waals surface area contributed by atoms with E-state index in [1.807, 2.05) is 19.9 Å². The molecule has 1 heterocycles. The Kier molecular flexibility index (Phi) is 5.85. The Morgan fingerprint density at radius 1 is 1.21 bits per heavy atom. The highest BCUT2D eigenvalue weighted by Crippen LogP contribution is 2.36. The van der Waals surface area contributed by atoms with Crippen molar-refractivity contribution >= 4 is 23.3 Å². The number of hydrogen-bond donors (Lipinski definition) is 1. The van der Waals surface area contributed by atoms with Crippen LogP contribution in [0.2, 0.25) is 5.02 Å². The summed E-state index contributed by atoms with van der Waals surface area (Å²) in [4.78, 5) is 16.5. The maximum atomic E-state index is 12.8. The van der Waals surface area contributed by atoms with Crippen molar-refractivity contribution in [1.29, 1.82) is 0 Å². The first-order valence-electron chi connectivity index (χ1n) is 9.13. The van der Waals surface area contributed by atoms with Crippen LogP contribution in [0.25, 0.3) is 0 Å². The van der Waals surface area contributed by atoms with E-state index in [1.54, 1.807) is 6.07 Å². The number of rotatable bonds is 3. The van der Waals surface area contributed by atoms with E-state index in [9.17, 15) is 18.0 Å². The molecule has 2 aromatic carbocycles. The first-order chi connectivity index (χ1) is 13.6. The van der Waals surface area contributed by atoms with E-state index < -0.39 is 23.8 Å². The molecular weight excluding hydrogens is 401 g/mol. The van der Waals surface area contributed by atoms with Gasteiger partial charge in [0.25, 0.3) is 0 Å². The molecular formula is C22H20ClF3N2O. The number of nitrogens with zero attached hydrogens (tertiary/aromatic N) is 1. The number of aryl methyl sites for hydroxylation is 1. The fraction of sp³-hybridized carbons (Fsp3) is 0.273. The van der Waals surface area contributed by atoms with Crippen molar-refractivity contribution in [3.05, 3.63) is 81.4 Å². The molecule has 0 fully saturated rings. The molecule has 2 aromatic rings. The average Bonchev–Trinajstić information content (AvgIpc) is 2.80. The quantitative estimate of drug-likeness (QED) is 0.571. The van der Waals surface area contributed by atoms with Crippen molar-refractivity contribution < 1.29 is 18.0 Å². The zero-order chi connectivity index (χ0) is 21.3. The summed E-state index contributed by atoms with van der Waals surface area (Å²) < 4.78 is 38.4. The topological polar surface area (TPSA) is 41.5 Å². The molecule has 0 aliphatic carbocycles. The largest absolute Gasteiger partial charge is 0.416 e. The van der Waals surface area contributed by atoms with Gasteiger partial charge in [0.05, 0.1) is 17.3 Å². The zero-order valence-electron chi connectivity index (χ0n) is 16.0. The normalized spacial score (nSPS) is 17.6. The summed E-state index contributed by atoms with van der Waals surface area (Å²) in [6, 6.07) is 7.23. The van der Waals surface area contributed by atoms with Gasteiger partial charge in [0.15, 0.2) is 0 Å². The summed E-state index contributed by atoms with van der Waals surface area (Å²) in [5.74, 6) is 0. The summed E-state index contributed by atoms with van der Waals surface area (Å²) in [7, 11) is 0. The number of carbonyl (C=O) groups is 1. The lowest BCUT2D eigenvalue weighted by Crippen LogP contribution is -2.26. The Morgan fingerprint density at radius 2 is 1.86 bits per heavy atom. The minimum Gasteiger partial charge on any atom is -0.326 e. The first kappa shape index (κ1) is 21.1. The number of alkyl halides is 3. The highest BCUT2D eigenvalue weighted by atomic mass is 35.5. The molecule has 1 unspecified atom stereocenters. The number of nitrogens with one attached hydrogen (secondary N) is 1. The SMILES string of the molecule is C=C1CC(c2ccc(C(F)(F)F)cc2)=NC(=O)NC1c1c(Cl)ccc(CC)c1C. The van der Waals surface area contributed by atoms with Crippen molar-refractivity contribution in [3.8, 4) is 0 Å². The summed E-state index contributed by atoms with van der Waals surface area (Å²) in [5, 5.41) is 3.34. The van der Waals surface area contributed by atoms with E-state index in [-0.39, 0.29) is 6.42 Å². The third-order valence-electron chi connectivity index (χ3n) is 5.10. The molecule has 1 aliphatic rings. The van der Waals surface area contributed by atoms with Gasteiger partial charge >= 0.3 is 12.2 Å². The van der Waals surface area contributed by atoms with Gasteiger partial charge in [-0.3, -0.25) is 0 Å².